The average molecular weight is 784 g/mol. The van der Waals surface area contributed by atoms with Crippen molar-refractivity contribution in [3.8, 4) is 0 Å². The van der Waals surface area contributed by atoms with Crippen molar-refractivity contribution in [1.82, 2.24) is 0 Å². The molecular weight excluding hydrogens is 700 g/mol. The largest absolute Gasteiger partial charge is 0.414 e. The number of aliphatic hydroxyl groups excluding tert-OH is 1. The topological polar surface area (TPSA) is 79.2 Å². The van der Waals surface area contributed by atoms with E-state index in [-0.39, 0.29) is 33.4 Å². The first-order chi connectivity index (χ1) is 23.5. The number of alkyl halides is 1. The number of hydrogen-bond acceptors (Lipinski definition) is 5. The van der Waals surface area contributed by atoms with Crippen LogP contribution in [-0.2, 0) is 8.85 Å². The summed E-state index contributed by atoms with van der Waals surface area (Å²) in [6.45, 7) is 40.0. The van der Waals surface area contributed by atoms with Gasteiger partial charge in [0.15, 0.2) is 16.6 Å². The predicted octanol–water partition coefficient (Wildman–Crippen LogP) is 11.8. The number of aliphatic hydroxyl groups is 3. The van der Waals surface area contributed by atoms with E-state index in [4.69, 9.17) is 20.5 Å². The highest BCUT2D eigenvalue weighted by molar-refractivity contribution is 6.74. The van der Waals surface area contributed by atoms with Crippen molar-refractivity contribution in [3.05, 3.63) is 24.3 Å². The molecule has 0 bridgehead atoms. The molecule has 4 aliphatic carbocycles. The van der Waals surface area contributed by atoms with Crippen LogP contribution in [0.5, 0.6) is 0 Å². The van der Waals surface area contributed by atoms with E-state index in [0.29, 0.717) is 48.7 Å². The first kappa shape index (κ1) is 46.4. The second-order valence-corrected chi connectivity index (χ2v) is 31.7. The van der Waals surface area contributed by atoms with Crippen molar-refractivity contribution in [2.24, 2.45) is 34.5 Å². The van der Waals surface area contributed by atoms with Crippen LogP contribution < -0.4 is 0 Å². The summed E-state index contributed by atoms with van der Waals surface area (Å²) in [5.74, 6) is 2.07. The first-order valence-corrected chi connectivity index (χ1v) is 27.1. The normalized spacial score (nSPS) is 35.0. The van der Waals surface area contributed by atoms with Crippen molar-refractivity contribution in [2.75, 3.05) is 12.5 Å². The molecule has 8 heteroatoms. The van der Waals surface area contributed by atoms with Gasteiger partial charge >= 0.3 is 0 Å². The number of rotatable bonds is 12. The zero-order valence-corrected chi connectivity index (χ0v) is 39.1. The zero-order chi connectivity index (χ0) is 39.9. The SMILES string of the molecule is C=C(CCl)C[C@](C)(O)[C@H]1CC[C@H]2[C@@H](O[Si](C)(C)C(C)(C)C)CCC[C@@]21C.C=C(CO)C[C@](C)(O)[C@H]1CC[C@H]2[C@@H](O[Si](C)(C)C(C)(C)C)CCC[C@@]21C. The van der Waals surface area contributed by atoms with Crippen molar-refractivity contribution < 1.29 is 24.2 Å². The summed E-state index contributed by atoms with van der Waals surface area (Å²) in [6.07, 6.45) is 13.3. The first-order valence-electron chi connectivity index (χ1n) is 20.8. The number of fused-ring (bicyclic) bond motifs is 2. The van der Waals surface area contributed by atoms with Crippen LogP contribution >= 0.6 is 11.6 Å². The van der Waals surface area contributed by atoms with Crippen LogP contribution in [0.4, 0.5) is 0 Å². The quantitative estimate of drug-likeness (QED) is 0.104. The molecule has 0 aliphatic heterocycles. The molecule has 0 spiro atoms. The van der Waals surface area contributed by atoms with Gasteiger partial charge in [0.1, 0.15) is 0 Å². The molecule has 0 aromatic rings. The van der Waals surface area contributed by atoms with Crippen LogP contribution in [0.25, 0.3) is 0 Å². The van der Waals surface area contributed by atoms with E-state index >= 15 is 0 Å². The summed E-state index contributed by atoms with van der Waals surface area (Å²) in [6, 6.07) is 0. The molecule has 4 fully saturated rings. The molecule has 4 saturated carbocycles. The van der Waals surface area contributed by atoms with Crippen LogP contribution in [0, 0.1) is 34.5 Å². The van der Waals surface area contributed by atoms with Gasteiger partial charge in [-0.05, 0) is 154 Å². The van der Waals surface area contributed by atoms with Gasteiger partial charge in [0.2, 0.25) is 0 Å². The Morgan fingerprint density at radius 1 is 0.654 bits per heavy atom. The van der Waals surface area contributed by atoms with Gasteiger partial charge in [-0.2, -0.15) is 0 Å². The van der Waals surface area contributed by atoms with Crippen molar-refractivity contribution >= 4 is 28.2 Å². The maximum absolute atomic E-state index is 11.3. The van der Waals surface area contributed by atoms with Crippen LogP contribution in [0.3, 0.4) is 0 Å². The standard InChI is InChI=1S/C22H41ClO2Si.C22H42O3Si/c2*1-16(15-23)14-22(6,24)19-12-11-17-18(10-9-13-21(17,19)5)25-26(7,8)20(2,3)4/h17-19,24H,1,9-15H2,2-8H3;17-19,23-24H,1,9-15H2,2-8H3/t2*17-,18-,19-,21-,22-/m00/s1. The lowest BCUT2D eigenvalue weighted by molar-refractivity contribution is -0.0873. The van der Waals surface area contributed by atoms with E-state index in [1.54, 1.807) is 0 Å². The molecule has 0 radical (unpaired) electrons. The van der Waals surface area contributed by atoms with Crippen molar-refractivity contribution in [2.45, 2.75) is 206 Å². The molecule has 4 aliphatic rings. The molecule has 3 N–H and O–H groups in total. The molecule has 10 atom stereocenters. The highest BCUT2D eigenvalue weighted by atomic mass is 35.5. The van der Waals surface area contributed by atoms with Crippen LogP contribution in [0.1, 0.15) is 146 Å². The second-order valence-electron chi connectivity index (χ2n) is 22.0. The maximum Gasteiger partial charge on any atom is 0.192 e. The molecule has 0 aromatic carbocycles. The smallest absolute Gasteiger partial charge is 0.192 e. The van der Waals surface area contributed by atoms with E-state index < -0.39 is 27.8 Å². The van der Waals surface area contributed by atoms with Gasteiger partial charge in [-0.1, -0.05) is 87.0 Å². The summed E-state index contributed by atoms with van der Waals surface area (Å²) < 4.78 is 13.8. The van der Waals surface area contributed by atoms with Gasteiger partial charge < -0.3 is 24.2 Å². The predicted molar refractivity (Wildman–Crippen MR) is 227 cm³/mol. The van der Waals surface area contributed by atoms with Crippen LogP contribution in [-0.4, -0.2) is 67.9 Å². The molecule has 4 rings (SSSR count). The monoisotopic (exact) mass is 783 g/mol. The van der Waals surface area contributed by atoms with Gasteiger partial charge in [-0.15, -0.1) is 11.6 Å². The van der Waals surface area contributed by atoms with Gasteiger partial charge in [0.05, 0.1) is 17.8 Å². The highest BCUT2D eigenvalue weighted by Gasteiger charge is 2.59. The molecule has 52 heavy (non-hydrogen) atoms. The Labute approximate surface area is 328 Å². The molecule has 0 saturated heterocycles. The average Bonchev–Trinajstić information content (AvgIpc) is 3.54. The third-order valence-corrected chi connectivity index (χ3v) is 25.1. The molecular formula is C44H83ClO5Si2. The minimum Gasteiger partial charge on any atom is -0.414 e. The van der Waals surface area contributed by atoms with E-state index in [9.17, 15) is 15.3 Å². The summed E-state index contributed by atoms with van der Waals surface area (Å²) in [5, 5.41) is 32.4. The summed E-state index contributed by atoms with van der Waals surface area (Å²) in [7, 11) is -3.57. The molecule has 0 aromatic heterocycles. The van der Waals surface area contributed by atoms with Gasteiger partial charge in [0.25, 0.3) is 0 Å². The van der Waals surface area contributed by atoms with E-state index in [2.05, 4.69) is 94.7 Å². The molecule has 0 unspecified atom stereocenters. The number of hydrogen-bond donors (Lipinski definition) is 3. The highest BCUT2D eigenvalue weighted by Crippen LogP contribution is 2.62. The van der Waals surface area contributed by atoms with E-state index in [1.165, 1.54) is 38.5 Å². The fourth-order valence-electron chi connectivity index (χ4n) is 11.0. The summed E-state index contributed by atoms with van der Waals surface area (Å²) >= 11 is 5.95. The van der Waals surface area contributed by atoms with E-state index in [1.807, 2.05) is 13.8 Å². The lowest BCUT2D eigenvalue weighted by Crippen LogP contribution is -2.52. The Kier molecular flexibility index (Phi) is 14.7. The Hall–Kier alpha value is 0.00377. The summed E-state index contributed by atoms with van der Waals surface area (Å²) in [4.78, 5) is 0. The van der Waals surface area contributed by atoms with Crippen molar-refractivity contribution in [1.29, 1.82) is 0 Å². The van der Waals surface area contributed by atoms with Crippen molar-refractivity contribution in [3.63, 3.8) is 0 Å². The fourth-order valence-corrected chi connectivity index (χ4v) is 13.9. The second kappa shape index (κ2) is 16.5. The lowest BCUT2D eigenvalue weighted by atomic mass is 9.60. The van der Waals surface area contributed by atoms with Crippen LogP contribution in [0.15, 0.2) is 24.3 Å². The Morgan fingerprint density at radius 3 is 1.31 bits per heavy atom. The minimum absolute atomic E-state index is 0.0415. The van der Waals surface area contributed by atoms with Gasteiger partial charge in [-0.3, -0.25) is 0 Å². The molecule has 304 valence electrons. The van der Waals surface area contributed by atoms with Gasteiger partial charge in [-0.25, -0.2) is 0 Å². The fraction of sp³-hybridized carbons (Fsp3) is 0.909. The van der Waals surface area contributed by atoms with Gasteiger partial charge in [0, 0.05) is 18.1 Å². The maximum atomic E-state index is 11.3. The lowest BCUT2D eigenvalue weighted by Gasteiger charge is -2.51. The Bertz CT molecular complexity index is 1140. The Balaban J connectivity index is 0.000000280. The number of halogens is 1. The molecule has 0 amide bonds. The molecule has 0 heterocycles. The third-order valence-electron chi connectivity index (χ3n) is 15.8. The Morgan fingerprint density at radius 2 is 1.00 bits per heavy atom. The zero-order valence-electron chi connectivity index (χ0n) is 36.3. The minimum atomic E-state index is -1.79. The molecule has 5 nitrogen and oxygen atoms in total. The van der Waals surface area contributed by atoms with E-state index in [0.717, 1.165) is 36.8 Å². The third kappa shape index (κ3) is 9.92. The van der Waals surface area contributed by atoms with Crippen LogP contribution in [0.2, 0.25) is 36.3 Å². The summed E-state index contributed by atoms with van der Waals surface area (Å²) in [5.41, 5.74) is 0.406.